The highest BCUT2D eigenvalue weighted by Gasteiger charge is 2.44. The van der Waals surface area contributed by atoms with Crippen LogP contribution < -0.4 is 0 Å². The Morgan fingerprint density at radius 3 is 2.63 bits per heavy atom. The van der Waals surface area contributed by atoms with E-state index >= 15 is 0 Å². The van der Waals surface area contributed by atoms with E-state index in [0.717, 1.165) is 12.1 Å². The monoisotopic (exact) mass is 270 g/mol. The molecule has 0 aliphatic heterocycles. The maximum atomic E-state index is 13.7. The summed E-state index contributed by atoms with van der Waals surface area (Å²) in [7, 11) is 0. The summed E-state index contributed by atoms with van der Waals surface area (Å²) in [6.45, 7) is 0.722. The van der Waals surface area contributed by atoms with E-state index in [0.29, 0.717) is 12.8 Å². The van der Waals surface area contributed by atoms with Gasteiger partial charge in [-0.1, -0.05) is 6.07 Å². The molecule has 0 amide bonds. The summed E-state index contributed by atoms with van der Waals surface area (Å²) >= 11 is 0. The second-order valence-electron chi connectivity index (χ2n) is 4.65. The van der Waals surface area contributed by atoms with Crippen molar-refractivity contribution in [3.05, 3.63) is 47.3 Å². The molecule has 1 aromatic rings. The summed E-state index contributed by atoms with van der Waals surface area (Å²) in [4.78, 5) is 10.6. The molecule has 1 aliphatic rings. The molecule has 1 aromatic carbocycles. The minimum atomic E-state index is -0.734. The normalized spacial score (nSPS) is 17.2. The second-order valence-corrected chi connectivity index (χ2v) is 4.65. The number of carbonyl (C=O) groups excluding carboxylic acids is 1. The number of hydrogen-bond acceptors (Lipinski definition) is 2. The maximum Gasteiger partial charge on any atom is 0.303 e. The number of rotatable bonds is 4. The van der Waals surface area contributed by atoms with Crippen molar-refractivity contribution in [3.8, 4) is 0 Å². The minimum Gasteiger partial charge on any atom is -0.459 e. The fourth-order valence-electron chi connectivity index (χ4n) is 2.03. The highest BCUT2D eigenvalue weighted by molar-refractivity contribution is 5.66. The molecule has 5 heteroatoms. The molecule has 0 bridgehead atoms. The second kappa shape index (κ2) is 5.07. The summed E-state index contributed by atoms with van der Waals surface area (Å²) in [5.41, 5.74) is -0.464. The quantitative estimate of drug-likeness (QED) is 0.784. The number of halogens is 3. The minimum absolute atomic E-state index is 0.270. The first-order valence-electron chi connectivity index (χ1n) is 5.89. The topological polar surface area (TPSA) is 26.3 Å². The Kier molecular flexibility index (Phi) is 3.64. The average molecular weight is 270 g/mol. The summed E-state index contributed by atoms with van der Waals surface area (Å²) in [6.07, 6.45) is 2.43. The van der Waals surface area contributed by atoms with Gasteiger partial charge in [0.25, 0.3) is 0 Å². The van der Waals surface area contributed by atoms with E-state index in [1.807, 2.05) is 0 Å². The van der Waals surface area contributed by atoms with Gasteiger partial charge in [-0.15, -0.1) is 0 Å². The van der Waals surface area contributed by atoms with Crippen LogP contribution in [0.5, 0.6) is 0 Å². The highest BCUT2D eigenvalue weighted by atomic mass is 19.1. The van der Waals surface area contributed by atoms with Gasteiger partial charge in [-0.05, 0) is 30.5 Å². The Balaban J connectivity index is 2.19. The van der Waals surface area contributed by atoms with Crippen molar-refractivity contribution in [1.82, 2.24) is 0 Å². The van der Waals surface area contributed by atoms with Gasteiger partial charge in [0.2, 0.25) is 0 Å². The standard InChI is InChI=1S/C14H13F3O2/c1-9(18)19-8-11(16)7-14(4-5-14)12-3-2-10(15)6-13(12)17/h2-3,6-7H,4-5,8H2,1H3/b11-7-. The lowest BCUT2D eigenvalue weighted by atomic mass is 9.94. The first-order chi connectivity index (χ1) is 8.93. The van der Waals surface area contributed by atoms with Crippen molar-refractivity contribution in [2.75, 3.05) is 6.61 Å². The molecule has 0 N–H and O–H groups in total. The van der Waals surface area contributed by atoms with Gasteiger partial charge in [0.05, 0.1) is 0 Å². The van der Waals surface area contributed by atoms with Crippen molar-refractivity contribution >= 4 is 5.97 Å². The molecule has 19 heavy (non-hydrogen) atoms. The van der Waals surface area contributed by atoms with Crippen LogP contribution in [-0.2, 0) is 14.9 Å². The van der Waals surface area contributed by atoms with Gasteiger partial charge in [0.15, 0.2) is 0 Å². The lowest BCUT2D eigenvalue weighted by molar-refractivity contribution is -0.140. The van der Waals surface area contributed by atoms with E-state index in [-0.39, 0.29) is 5.56 Å². The number of benzene rings is 1. The van der Waals surface area contributed by atoms with Gasteiger partial charge >= 0.3 is 5.97 Å². The van der Waals surface area contributed by atoms with Gasteiger partial charge in [0.1, 0.15) is 24.1 Å². The number of hydrogen-bond donors (Lipinski definition) is 0. The van der Waals surface area contributed by atoms with Crippen LogP contribution in [0.2, 0.25) is 0 Å². The van der Waals surface area contributed by atoms with E-state index in [1.165, 1.54) is 19.1 Å². The third-order valence-corrected chi connectivity index (χ3v) is 3.10. The Morgan fingerprint density at radius 1 is 1.42 bits per heavy atom. The van der Waals surface area contributed by atoms with Crippen LogP contribution in [0.4, 0.5) is 13.2 Å². The van der Waals surface area contributed by atoms with E-state index in [4.69, 9.17) is 0 Å². The third kappa shape index (κ3) is 3.16. The lowest BCUT2D eigenvalue weighted by Crippen LogP contribution is -2.09. The molecule has 0 unspecified atom stereocenters. The van der Waals surface area contributed by atoms with E-state index < -0.39 is 35.5 Å². The Bertz CT molecular complexity index is 533. The summed E-state index contributed by atoms with van der Waals surface area (Å²) < 4.78 is 44.6. The SMILES string of the molecule is CC(=O)OC/C(F)=C/C1(c2ccc(F)cc2F)CC1. The highest BCUT2D eigenvalue weighted by Crippen LogP contribution is 2.51. The molecule has 102 valence electrons. The molecule has 0 atom stereocenters. The molecule has 2 nitrogen and oxygen atoms in total. The zero-order valence-electron chi connectivity index (χ0n) is 10.4. The largest absolute Gasteiger partial charge is 0.459 e. The van der Waals surface area contributed by atoms with Crippen LogP contribution >= 0.6 is 0 Å². The van der Waals surface area contributed by atoms with Crippen LogP contribution in [0, 0.1) is 11.6 Å². The molecular weight excluding hydrogens is 257 g/mol. The van der Waals surface area contributed by atoms with Crippen molar-refractivity contribution in [3.63, 3.8) is 0 Å². The first kappa shape index (κ1) is 13.6. The summed E-state index contributed by atoms with van der Waals surface area (Å²) in [5.74, 6) is -2.56. The van der Waals surface area contributed by atoms with Gasteiger partial charge in [-0.2, -0.15) is 0 Å². The van der Waals surface area contributed by atoms with Crippen LogP contribution in [0.3, 0.4) is 0 Å². The predicted molar refractivity (Wildman–Crippen MR) is 63.1 cm³/mol. The molecular formula is C14H13F3O2. The fourth-order valence-corrected chi connectivity index (χ4v) is 2.03. The maximum absolute atomic E-state index is 13.7. The first-order valence-corrected chi connectivity index (χ1v) is 5.89. The summed E-state index contributed by atoms with van der Waals surface area (Å²) in [6, 6.07) is 3.26. The van der Waals surface area contributed by atoms with Crippen LogP contribution in [-0.4, -0.2) is 12.6 Å². The Hall–Kier alpha value is -1.78. The molecule has 1 aliphatic carbocycles. The van der Waals surface area contributed by atoms with Crippen LogP contribution in [0.25, 0.3) is 0 Å². The molecule has 0 saturated heterocycles. The van der Waals surface area contributed by atoms with Crippen LogP contribution in [0.15, 0.2) is 30.1 Å². The molecule has 1 saturated carbocycles. The molecule has 0 spiro atoms. The fraction of sp³-hybridized carbons (Fsp3) is 0.357. The van der Waals surface area contributed by atoms with Crippen molar-refractivity contribution in [2.45, 2.75) is 25.2 Å². The lowest BCUT2D eigenvalue weighted by Gasteiger charge is -2.12. The molecule has 2 rings (SSSR count). The van der Waals surface area contributed by atoms with E-state index in [9.17, 15) is 18.0 Å². The van der Waals surface area contributed by atoms with Crippen molar-refractivity contribution < 1.29 is 22.7 Å². The van der Waals surface area contributed by atoms with Crippen LogP contribution in [0.1, 0.15) is 25.3 Å². The smallest absolute Gasteiger partial charge is 0.303 e. The zero-order valence-corrected chi connectivity index (χ0v) is 10.4. The zero-order chi connectivity index (χ0) is 14.0. The Morgan fingerprint density at radius 2 is 2.11 bits per heavy atom. The average Bonchev–Trinajstić information content (AvgIpc) is 3.07. The van der Waals surface area contributed by atoms with Gasteiger partial charge in [-0.25, -0.2) is 13.2 Å². The summed E-state index contributed by atoms with van der Waals surface area (Å²) in [5, 5.41) is 0. The van der Waals surface area contributed by atoms with Gasteiger partial charge in [0, 0.05) is 18.4 Å². The van der Waals surface area contributed by atoms with Crippen molar-refractivity contribution in [1.29, 1.82) is 0 Å². The molecule has 1 fully saturated rings. The van der Waals surface area contributed by atoms with Gasteiger partial charge in [-0.3, -0.25) is 4.79 Å². The molecule has 0 radical (unpaired) electrons. The third-order valence-electron chi connectivity index (χ3n) is 3.10. The molecule has 0 aromatic heterocycles. The Labute approximate surface area is 108 Å². The number of esters is 1. The number of ether oxygens (including phenoxy) is 1. The predicted octanol–water partition coefficient (Wildman–Crippen LogP) is 3.41. The van der Waals surface area contributed by atoms with E-state index in [1.54, 1.807) is 0 Å². The number of allylic oxidation sites excluding steroid dienone is 1. The molecule has 0 heterocycles. The van der Waals surface area contributed by atoms with E-state index in [2.05, 4.69) is 4.74 Å². The van der Waals surface area contributed by atoms with Gasteiger partial charge < -0.3 is 4.74 Å². The van der Waals surface area contributed by atoms with Crippen molar-refractivity contribution in [2.24, 2.45) is 0 Å². The number of carbonyl (C=O) groups is 1.